The summed E-state index contributed by atoms with van der Waals surface area (Å²) in [5.41, 5.74) is 5.83. The van der Waals surface area contributed by atoms with Crippen LogP contribution in [-0.4, -0.2) is 23.5 Å². The summed E-state index contributed by atoms with van der Waals surface area (Å²) in [7, 11) is 0. The summed E-state index contributed by atoms with van der Waals surface area (Å²) in [6.07, 6.45) is 0. The summed E-state index contributed by atoms with van der Waals surface area (Å²) in [4.78, 5) is 22.3. The van der Waals surface area contributed by atoms with Gasteiger partial charge in [-0.05, 0) is 6.92 Å². The largest absolute Gasteiger partial charge is 0.368 e. The number of nitrogens with two attached hydrogens (primary N) is 1. The van der Waals surface area contributed by atoms with Gasteiger partial charge in [-0.1, -0.05) is 19.0 Å². The highest BCUT2D eigenvalue weighted by atomic mass is 16.5. The van der Waals surface area contributed by atoms with Crippen LogP contribution in [0.5, 0.6) is 0 Å². The van der Waals surface area contributed by atoms with Gasteiger partial charge in [-0.2, -0.15) is 0 Å². The molecule has 3 N–H and O–H groups in total. The molecule has 88 valence electrons. The van der Waals surface area contributed by atoms with Gasteiger partial charge in [0, 0.05) is 5.92 Å². The maximum Gasteiger partial charge on any atom is 0.257 e. The molecule has 1 heterocycles. The van der Waals surface area contributed by atoms with E-state index in [1.165, 1.54) is 0 Å². The van der Waals surface area contributed by atoms with Gasteiger partial charge < -0.3 is 15.6 Å². The highest BCUT2D eigenvalue weighted by molar-refractivity contribution is 5.98. The molecule has 0 radical (unpaired) electrons. The quantitative estimate of drug-likeness (QED) is 0.771. The van der Waals surface area contributed by atoms with Crippen molar-refractivity contribution in [3.8, 4) is 0 Å². The predicted molar refractivity (Wildman–Crippen MR) is 56.9 cm³/mol. The van der Waals surface area contributed by atoms with Crippen LogP contribution in [0.3, 0.4) is 0 Å². The van der Waals surface area contributed by atoms with E-state index in [2.05, 4.69) is 10.5 Å². The van der Waals surface area contributed by atoms with E-state index in [-0.39, 0.29) is 18.4 Å². The highest BCUT2D eigenvalue weighted by Gasteiger charge is 2.22. The number of carbonyl (C=O) groups excluding carboxylic acids is 2. The van der Waals surface area contributed by atoms with Crippen molar-refractivity contribution in [2.75, 3.05) is 6.54 Å². The van der Waals surface area contributed by atoms with Crippen LogP contribution in [0.4, 0.5) is 0 Å². The van der Waals surface area contributed by atoms with Crippen molar-refractivity contribution in [3.63, 3.8) is 0 Å². The summed E-state index contributed by atoms with van der Waals surface area (Å²) < 4.78 is 5.06. The molecule has 6 heteroatoms. The Kier molecular flexibility index (Phi) is 3.65. The van der Waals surface area contributed by atoms with Crippen LogP contribution in [0.15, 0.2) is 4.52 Å². The Balaban J connectivity index is 2.89. The second kappa shape index (κ2) is 4.78. The molecule has 0 aliphatic heterocycles. The topological polar surface area (TPSA) is 98.2 Å². The number of hydrogen-bond acceptors (Lipinski definition) is 4. The molecule has 0 saturated carbocycles. The number of primary amides is 1. The van der Waals surface area contributed by atoms with Crippen LogP contribution in [0.25, 0.3) is 0 Å². The Morgan fingerprint density at radius 3 is 2.62 bits per heavy atom. The zero-order valence-corrected chi connectivity index (χ0v) is 9.53. The number of carbonyl (C=O) groups is 2. The molecular formula is C10H15N3O3. The van der Waals surface area contributed by atoms with Crippen LogP contribution in [-0.2, 0) is 4.79 Å². The van der Waals surface area contributed by atoms with Crippen molar-refractivity contribution in [1.82, 2.24) is 10.5 Å². The monoisotopic (exact) mass is 225 g/mol. The van der Waals surface area contributed by atoms with Gasteiger partial charge in [0.1, 0.15) is 5.56 Å². The lowest BCUT2D eigenvalue weighted by atomic mass is 10.0. The molecule has 0 aliphatic carbocycles. The lowest BCUT2D eigenvalue weighted by molar-refractivity contribution is -0.117. The standard InChI is InChI=1S/C10H15N3O3/c1-5(2)9-8(6(3)13-16-9)10(15)12-4-7(11)14/h5H,4H2,1-3H3,(H2,11,14)(H,12,15). The molecule has 1 aromatic heterocycles. The van der Waals surface area contributed by atoms with Crippen molar-refractivity contribution >= 4 is 11.8 Å². The molecule has 0 saturated heterocycles. The van der Waals surface area contributed by atoms with E-state index >= 15 is 0 Å². The van der Waals surface area contributed by atoms with E-state index in [1.54, 1.807) is 6.92 Å². The molecule has 2 amide bonds. The zero-order valence-electron chi connectivity index (χ0n) is 9.53. The van der Waals surface area contributed by atoms with Crippen molar-refractivity contribution in [1.29, 1.82) is 0 Å². The van der Waals surface area contributed by atoms with E-state index in [1.807, 2.05) is 13.8 Å². The average molecular weight is 225 g/mol. The summed E-state index contributed by atoms with van der Waals surface area (Å²) in [5, 5.41) is 6.14. The SMILES string of the molecule is Cc1noc(C(C)C)c1C(=O)NCC(N)=O. The first-order chi connectivity index (χ1) is 7.43. The minimum atomic E-state index is -0.589. The Hall–Kier alpha value is -1.85. The average Bonchev–Trinajstić information content (AvgIpc) is 2.56. The third-order valence-corrected chi connectivity index (χ3v) is 2.06. The van der Waals surface area contributed by atoms with E-state index in [9.17, 15) is 9.59 Å². The molecule has 0 bridgehead atoms. The molecule has 6 nitrogen and oxygen atoms in total. The maximum atomic E-state index is 11.7. The summed E-state index contributed by atoms with van der Waals surface area (Å²) in [6.45, 7) is 5.27. The van der Waals surface area contributed by atoms with E-state index in [0.717, 1.165) is 0 Å². The van der Waals surface area contributed by atoms with Crippen molar-refractivity contribution in [3.05, 3.63) is 17.0 Å². The third-order valence-electron chi connectivity index (χ3n) is 2.06. The van der Waals surface area contributed by atoms with Gasteiger partial charge >= 0.3 is 0 Å². The Labute approximate surface area is 93.2 Å². The number of amides is 2. The highest BCUT2D eigenvalue weighted by Crippen LogP contribution is 2.21. The van der Waals surface area contributed by atoms with Crippen LogP contribution < -0.4 is 11.1 Å². The number of hydrogen-bond donors (Lipinski definition) is 2. The molecule has 0 spiro atoms. The molecule has 0 aliphatic rings. The Bertz CT molecular complexity index is 409. The van der Waals surface area contributed by atoms with Gasteiger partial charge in [-0.15, -0.1) is 0 Å². The minimum Gasteiger partial charge on any atom is -0.368 e. The van der Waals surface area contributed by atoms with Gasteiger partial charge in [-0.3, -0.25) is 9.59 Å². The second-order valence-electron chi connectivity index (χ2n) is 3.81. The van der Waals surface area contributed by atoms with Crippen molar-refractivity contribution in [2.24, 2.45) is 5.73 Å². The second-order valence-corrected chi connectivity index (χ2v) is 3.81. The predicted octanol–water partition coefficient (Wildman–Crippen LogP) is 0.322. The molecule has 0 unspecified atom stereocenters. The minimum absolute atomic E-state index is 0.0514. The van der Waals surface area contributed by atoms with Gasteiger partial charge in [0.05, 0.1) is 12.2 Å². The molecule has 16 heavy (non-hydrogen) atoms. The summed E-state index contributed by atoms with van der Waals surface area (Å²) >= 11 is 0. The molecule has 0 aromatic carbocycles. The normalized spacial score (nSPS) is 10.5. The third kappa shape index (κ3) is 2.59. The summed E-state index contributed by atoms with van der Waals surface area (Å²) in [6, 6.07) is 0. The lowest BCUT2D eigenvalue weighted by Crippen LogP contribution is -2.33. The first-order valence-electron chi connectivity index (χ1n) is 4.96. The van der Waals surface area contributed by atoms with Gasteiger partial charge in [0.2, 0.25) is 5.91 Å². The van der Waals surface area contributed by atoms with Crippen LogP contribution in [0.1, 0.15) is 41.6 Å². The number of nitrogens with one attached hydrogen (secondary N) is 1. The Morgan fingerprint density at radius 1 is 1.50 bits per heavy atom. The van der Waals surface area contributed by atoms with Gasteiger partial charge in [0.25, 0.3) is 5.91 Å². The number of aryl methyl sites for hydroxylation is 1. The van der Waals surface area contributed by atoms with Crippen LogP contribution in [0, 0.1) is 6.92 Å². The van der Waals surface area contributed by atoms with Gasteiger partial charge in [0.15, 0.2) is 5.76 Å². The fourth-order valence-electron chi connectivity index (χ4n) is 1.31. The smallest absolute Gasteiger partial charge is 0.257 e. The van der Waals surface area contributed by atoms with E-state index < -0.39 is 5.91 Å². The molecule has 0 atom stereocenters. The fraction of sp³-hybridized carbons (Fsp3) is 0.500. The van der Waals surface area contributed by atoms with E-state index in [4.69, 9.17) is 10.3 Å². The zero-order chi connectivity index (χ0) is 12.3. The maximum absolute atomic E-state index is 11.7. The van der Waals surface area contributed by atoms with Crippen molar-refractivity contribution in [2.45, 2.75) is 26.7 Å². The Morgan fingerprint density at radius 2 is 2.12 bits per heavy atom. The number of aromatic nitrogens is 1. The fourth-order valence-corrected chi connectivity index (χ4v) is 1.31. The van der Waals surface area contributed by atoms with Gasteiger partial charge in [-0.25, -0.2) is 0 Å². The van der Waals surface area contributed by atoms with Crippen LogP contribution >= 0.6 is 0 Å². The van der Waals surface area contributed by atoms with Crippen LogP contribution in [0.2, 0.25) is 0 Å². The summed E-state index contributed by atoms with van der Waals surface area (Å²) in [5.74, 6) is -0.412. The molecular weight excluding hydrogens is 210 g/mol. The first-order valence-corrected chi connectivity index (χ1v) is 4.96. The van der Waals surface area contributed by atoms with E-state index in [0.29, 0.717) is 17.0 Å². The number of nitrogens with zero attached hydrogens (tertiary/aromatic N) is 1. The number of rotatable bonds is 4. The molecule has 1 aromatic rings. The van der Waals surface area contributed by atoms with Crippen molar-refractivity contribution < 1.29 is 14.1 Å². The first kappa shape index (κ1) is 12.2. The molecule has 0 fully saturated rings. The molecule has 1 rings (SSSR count). The lowest BCUT2D eigenvalue weighted by Gasteiger charge is -2.05.